The maximum absolute atomic E-state index is 13.6. The Hall–Kier alpha value is -1.89. The van der Waals surface area contributed by atoms with Crippen LogP contribution in [-0.4, -0.2) is 47.4 Å². The van der Waals surface area contributed by atoms with Crippen LogP contribution < -0.4 is 0 Å². The van der Waals surface area contributed by atoms with E-state index in [1.165, 1.54) is 26.3 Å². The highest BCUT2D eigenvalue weighted by Gasteiger charge is 2.72. The molecule has 0 bridgehead atoms. The van der Waals surface area contributed by atoms with Gasteiger partial charge in [0.2, 0.25) is 5.78 Å². The third-order valence-corrected chi connectivity index (χ3v) is 10.1. The van der Waals surface area contributed by atoms with Crippen molar-refractivity contribution in [3.05, 3.63) is 11.6 Å². The molecule has 0 aromatic rings. The van der Waals surface area contributed by atoms with Crippen LogP contribution in [0.4, 0.5) is 0 Å². The molecule has 0 aromatic heterocycles. The summed E-state index contributed by atoms with van der Waals surface area (Å²) in [7, 11) is 0. The number of allylic oxidation sites excluding steroid dienone is 1. The van der Waals surface area contributed by atoms with Crippen molar-refractivity contribution in [2.24, 2.45) is 28.6 Å². The number of Topliss-reactive ketones (excluding diaryl/α,β-unsaturated/α-hetero) is 1. The molecule has 0 heterocycles. The molecule has 0 amide bonds. The topological polar surface area (TPSA) is 96.0 Å². The van der Waals surface area contributed by atoms with Gasteiger partial charge in [-0.1, -0.05) is 25.5 Å². The van der Waals surface area contributed by atoms with E-state index >= 15 is 0 Å². The van der Waals surface area contributed by atoms with E-state index in [1.54, 1.807) is 0 Å². The third-order valence-electron chi connectivity index (χ3n) is 9.66. The first-order valence-electron chi connectivity index (χ1n) is 12.7. The second kappa shape index (κ2) is 9.20. The quantitative estimate of drug-likeness (QED) is 0.233. The SMILES string of the molecule is CC(=O)OCC(=O)[C@]1(OC(C)=O)[C@H](Cl)C[C@H]2[C@@H]3CC=C4C[C@@H](OC(C)=O)CC[C@]4(C)[C@H]3CC[C@@]21C. The van der Waals surface area contributed by atoms with E-state index in [0.717, 1.165) is 32.1 Å². The van der Waals surface area contributed by atoms with Gasteiger partial charge in [0.15, 0.2) is 12.2 Å². The van der Waals surface area contributed by atoms with Gasteiger partial charge < -0.3 is 14.2 Å². The number of alkyl halides is 1. The minimum absolute atomic E-state index is 0.0110. The molecule has 0 aliphatic heterocycles. The summed E-state index contributed by atoms with van der Waals surface area (Å²) in [4.78, 5) is 48.7. The van der Waals surface area contributed by atoms with Crippen molar-refractivity contribution >= 4 is 35.3 Å². The average Bonchev–Trinajstić information content (AvgIpc) is 2.99. The van der Waals surface area contributed by atoms with Crippen LogP contribution in [0.5, 0.6) is 0 Å². The number of carbonyl (C=O) groups excluding carboxylic acids is 4. The van der Waals surface area contributed by atoms with Crippen molar-refractivity contribution in [2.75, 3.05) is 6.61 Å². The zero-order valence-corrected chi connectivity index (χ0v) is 22.1. The lowest BCUT2D eigenvalue weighted by molar-refractivity contribution is -0.190. The first kappa shape index (κ1) is 26.2. The van der Waals surface area contributed by atoms with E-state index in [0.29, 0.717) is 24.7 Å². The highest BCUT2D eigenvalue weighted by Crippen LogP contribution is 2.68. The highest BCUT2D eigenvalue weighted by molar-refractivity contribution is 6.24. The maximum atomic E-state index is 13.6. The molecule has 3 saturated carbocycles. The zero-order chi connectivity index (χ0) is 25.8. The minimum Gasteiger partial charge on any atom is -0.462 e. The van der Waals surface area contributed by atoms with Crippen LogP contribution in [0.3, 0.4) is 0 Å². The van der Waals surface area contributed by atoms with Crippen molar-refractivity contribution in [1.29, 1.82) is 0 Å². The van der Waals surface area contributed by atoms with Crippen molar-refractivity contribution in [2.45, 2.75) is 96.6 Å². The Balaban J connectivity index is 1.66. The number of hydrogen-bond acceptors (Lipinski definition) is 7. The summed E-state index contributed by atoms with van der Waals surface area (Å²) in [6, 6.07) is 0. The molecule has 0 unspecified atom stereocenters. The Kier molecular flexibility index (Phi) is 6.88. The van der Waals surface area contributed by atoms with Gasteiger partial charge in [0, 0.05) is 32.6 Å². The highest BCUT2D eigenvalue weighted by atomic mass is 35.5. The van der Waals surface area contributed by atoms with Crippen LogP contribution in [0.1, 0.15) is 79.6 Å². The molecule has 4 rings (SSSR count). The molecule has 0 saturated heterocycles. The van der Waals surface area contributed by atoms with Crippen LogP contribution in [0, 0.1) is 28.6 Å². The molecule has 4 aliphatic carbocycles. The summed E-state index contributed by atoms with van der Waals surface area (Å²) in [5.41, 5.74) is -0.793. The number of ketones is 1. The van der Waals surface area contributed by atoms with Crippen LogP contribution >= 0.6 is 11.6 Å². The summed E-state index contributed by atoms with van der Waals surface area (Å²) in [5.74, 6) is -0.991. The lowest BCUT2D eigenvalue weighted by atomic mass is 9.46. The lowest BCUT2D eigenvalue weighted by Crippen LogP contribution is -2.62. The summed E-state index contributed by atoms with van der Waals surface area (Å²) >= 11 is 6.92. The van der Waals surface area contributed by atoms with E-state index in [2.05, 4.69) is 13.0 Å². The van der Waals surface area contributed by atoms with Gasteiger partial charge in [-0.15, -0.1) is 11.6 Å². The first-order valence-corrected chi connectivity index (χ1v) is 13.2. The monoisotopic (exact) mass is 508 g/mol. The van der Waals surface area contributed by atoms with E-state index in [-0.39, 0.29) is 23.4 Å². The zero-order valence-electron chi connectivity index (χ0n) is 21.4. The largest absolute Gasteiger partial charge is 0.462 e. The fraction of sp³-hybridized carbons (Fsp3) is 0.778. The Morgan fingerprint density at radius 1 is 1.00 bits per heavy atom. The van der Waals surface area contributed by atoms with E-state index in [9.17, 15) is 19.2 Å². The molecule has 0 N–H and O–H groups in total. The first-order chi connectivity index (χ1) is 16.3. The Morgan fingerprint density at radius 2 is 1.71 bits per heavy atom. The molecule has 8 heteroatoms. The predicted octanol–water partition coefficient (Wildman–Crippen LogP) is 4.53. The summed E-state index contributed by atoms with van der Waals surface area (Å²) in [6.45, 7) is 7.91. The number of esters is 3. The Morgan fingerprint density at radius 3 is 2.34 bits per heavy atom. The second-order valence-corrected chi connectivity index (χ2v) is 12.0. The third kappa shape index (κ3) is 4.11. The Labute approximate surface area is 212 Å². The standard InChI is InChI=1S/C27H37ClO7/c1-15(29)33-14-24(32)27(35-17(3)31)23(28)13-22-20-7-6-18-12-19(34-16(2)30)8-10-25(18,4)21(20)9-11-26(22,27)5/h6,19-23H,7-14H2,1-5H3/t19-,20+,21-,22-,23+,25-,26-,27+/m0/s1. The van der Waals surface area contributed by atoms with E-state index in [1.807, 2.05) is 6.92 Å². The summed E-state index contributed by atoms with van der Waals surface area (Å²) in [5, 5.41) is -0.693. The number of hydrogen-bond donors (Lipinski definition) is 0. The number of halogens is 1. The van der Waals surface area contributed by atoms with Crippen LogP contribution in [0.25, 0.3) is 0 Å². The van der Waals surface area contributed by atoms with Gasteiger partial charge in [0.25, 0.3) is 0 Å². The normalized spacial score (nSPS) is 42.0. The van der Waals surface area contributed by atoms with Gasteiger partial charge in [-0.25, -0.2) is 0 Å². The van der Waals surface area contributed by atoms with Gasteiger partial charge in [-0.05, 0) is 61.7 Å². The second-order valence-electron chi connectivity index (χ2n) is 11.4. The number of ether oxygens (including phenoxy) is 3. The average molecular weight is 509 g/mol. The Bertz CT molecular complexity index is 959. The van der Waals surface area contributed by atoms with E-state index in [4.69, 9.17) is 25.8 Å². The van der Waals surface area contributed by atoms with Crippen LogP contribution in [0.15, 0.2) is 11.6 Å². The minimum atomic E-state index is -1.52. The maximum Gasteiger partial charge on any atom is 0.303 e. The molecule has 0 aromatic carbocycles. The molecule has 35 heavy (non-hydrogen) atoms. The van der Waals surface area contributed by atoms with Crippen LogP contribution in [0.2, 0.25) is 0 Å². The van der Waals surface area contributed by atoms with Crippen molar-refractivity contribution < 1.29 is 33.4 Å². The molecule has 0 spiro atoms. The number of fused-ring (bicyclic) bond motifs is 5. The molecular formula is C27H37ClO7. The van der Waals surface area contributed by atoms with Gasteiger partial charge in [-0.3, -0.25) is 19.2 Å². The number of carbonyl (C=O) groups is 4. The van der Waals surface area contributed by atoms with Crippen molar-refractivity contribution in [3.8, 4) is 0 Å². The van der Waals surface area contributed by atoms with Gasteiger partial charge in [0.05, 0.1) is 5.38 Å². The van der Waals surface area contributed by atoms with Gasteiger partial charge >= 0.3 is 17.9 Å². The fourth-order valence-electron chi connectivity index (χ4n) is 8.16. The molecule has 8 atom stereocenters. The van der Waals surface area contributed by atoms with E-state index < -0.39 is 40.7 Å². The molecule has 3 fully saturated rings. The van der Waals surface area contributed by atoms with Crippen LogP contribution in [-0.2, 0) is 33.4 Å². The van der Waals surface area contributed by atoms with Crippen molar-refractivity contribution in [3.63, 3.8) is 0 Å². The predicted molar refractivity (Wildman–Crippen MR) is 128 cm³/mol. The fourth-order valence-corrected chi connectivity index (χ4v) is 8.76. The summed E-state index contributed by atoms with van der Waals surface area (Å²) in [6.07, 6.45) is 7.83. The van der Waals surface area contributed by atoms with Crippen molar-refractivity contribution in [1.82, 2.24) is 0 Å². The summed E-state index contributed by atoms with van der Waals surface area (Å²) < 4.78 is 16.4. The van der Waals surface area contributed by atoms with Gasteiger partial charge in [-0.2, -0.15) is 0 Å². The number of rotatable bonds is 5. The molecule has 7 nitrogen and oxygen atoms in total. The lowest BCUT2D eigenvalue weighted by Gasteiger charge is -2.59. The molecular weight excluding hydrogens is 472 g/mol. The molecule has 194 valence electrons. The molecule has 0 radical (unpaired) electrons. The smallest absolute Gasteiger partial charge is 0.303 e. The van der Waals surface area contributed by atoms with Gasteiger partial charge in [0.1, 0.15) is 6.10 Å². The molecule has 4 aliphatic rings.